The van der Waals surface area contributed by atoms with Crippen molar-refractivity contribution in [3.63, 3.8) is 0 Å². The predicted molar refractivity (Wildman–Crippen MR) is 71.4 cm³/mol. The van der Waals surface area contributed by atoms with Crippen molar-refractivity contribution in [2.45, 2.75) is 44.6 Å². The highest BCUT2D eigenvalue weighted by Gasteiger charge is 2.33. The van der Waals surface area contributed by atoms with Crippen LogP contribution in [-0.2, 0) is 4.74 Å². The molecule has 2 saturated heterocycles. The second-order valence-electron chi connectivity index (χ2n) is 6.54. The van der Waals surface area contributed by atoms with Crippen molar-refractivity contribution < 1.29 is 9.84 Å². The molecule has 1 saturated carbocycles. The van der Waals surface area contributed by atoms with Gasteiger partial charge in [-0.2, -0.15) is 0 Å². The molecule has 3 heteroatoms. The molecule has 0 amide bonds. The first-order chi connectivity index (χ1) is 8.83. The number of hydrogen-bond acceptors (Lipinski definition) is 3. The van der Waals surface area contributed by atoms with Gasteiger partial charge in [0.05, 0.1) is 12.7 Å². The lowest BCUT2D eigenvalue weighted by atomic mass is 9.75. The predicted octanol–water partition coefficient (Wildman–Crippen LogP) is 1.90. The van der Waals surface area contributed by atoms with E-state index in [2.05, 4.69) is 4.90 Å². The van der Waals surface area contributed by atoms with E-state index in [4.69, 9.17) is 4.74 Å². The molecule has 4 atom stereocenters. The van der Waals surface area contributed by atoms with Crippen molar-refractivity contribution in [1.29, 1.82) is 0 Å². The average molecular weight is 253 g/mol. The smallest absolute Gasteiger partial charge is 0.0624 e. The molecule has 0 radical (unpaired) electrons. The number of hydrogen-bond donors (Lipinski definition) is 1. The number of likely N-dealkylation sites (tertiary alicyclic amines) is 1. The number of piperidine rings is 1. The van der Waals surface area contributed by atoms with E-state index < -0.39 is 0 Å². The maximum atomic E-state index is 10.0. The third-order valence-electron chi connectivity index (χ3n) is 5.30. The van der Waals surface area contributed by atoms with Crippen LogP contribution >= 0.6 is 0 Å². The molecule has 0 aromatic rings. The minimum absolute atomic E-state index is 0.136. The van der Waals surface area contributed by atoms with Gasteiger partial charge in [-0.15, -0.1) is 0 Å². The highest BCUT2D eigenvalue weighted by molar-refractivity contribution is 4.85. The van der Waals surface area contributed by atoms with E-state index in [1.54, 1.807) is 0 Å². The fourth-order valence-electron chi connectivity index (χ4n) is 4.13. The number of rotatable bonds is 2. The second kappa shape index (κ2) is 5.89. The van der Waals surface area contributed by atoms with Crippen molar-refractivity contribution >= 4 is 0 Å². The lowest BCUT2D eigenvalue weighted by Gasteiger charge is -2.43. The molecule has 3 aliphatic rings. The van der Waals surface area contributed by atoms with E-state index in [0.29, 0.717) is 5.92 Å². The summed E-state index contributed by atoms with van der Waals surface area (Å²) >= 11 is 0. The van der Waals surface area contributed by atoms with Crippen molar-refractivity contribution in [2.75, 3.05) is 32.8 Å². The van der Waals surface area contributed by atoms with E-state index in [0.717, 1.165) is 38.0 Å². The van der Waals surface area contributed by atoms with E-state index in [1.165, 1.54) is 45.2 Å². The first kappa shape index (κ1) is 12.9. The summed E-state index contributed by atoms with van der Waals surface area (Å²) in [5.41, 5.74) is 0. The topological polar surface area (TPSA) is 32.7 Å². The Morgan fingerprint density at radius 2 is 1.89 bits per heavy atom. The molecule has 1 N–H and O–H groups in total. The molecule has 4 unspecified atom stereocenters. The molecule has 2 aliphatic heterocycles. The summed E-state index contributed by atoms with van der Waals surface area (Å²) in [6.45, 7) is 5.05. The third kappa shape index (κ3) is 2.89. The van der Waals surface area contributed by atoms with E-state index in [1.807, 2.05) is 0 Å². The van der Waals surface area contributed by atoms with Gasteiger partial charge in [0.2, 0.25) is 0 Å². The van der Waals surface area contributed by atoms with Crippen LogP contribution in [0.4, 0.5) is 0 Å². The maximum absolute atomic E-state index is 10.0. The SMILES string of the molecule is OC1CCOCC1CN1CCC2CCCCC2C1. The fraction of sp³-hybridized carbons (Fsp3) is 1.00. The largest absolute Gasteiger partial charge is 0.393 e. The first-order valence-corrected chi connectivity index (χ1v) is 7.81. The summed E-state index contributed by atoms with van der Waals surface area (Å²) in [5, 5.41) is 10.0. The Morgan fingerprint density at radius 1 is 1.06 bits per heavy atom. The molecule has 1 aliphatic carbocycles. The number of nitrogens with zero attached hydrogens (tertiary/aromatic N) is 1. The van der Waals surface area contributed by atoms with Crippen LogP contribution in [0, 0.1) is 17.8 Å². The summed E-state index contributed by atoms with van der Waals surface area (Å²) in [4.78, 5) is 2.59. The van der Waals surface area contributed by atoms with Crippen LogP contribution in [0.2, 0.25) is 0 Å². The van der Waals surface area contributed by atoms with Gasteiger partial charge in [0.15, 0.2) is 0 Å². The summed E-state index contributed by atoms with van der Waals surface area (Å²) in [7, 11) is 0. The lowest BCUT2D eigenvalue weighted by molar-refractivity contribution is -0.0535. The van der Waals surface area contributed by atoms with Gasteiger partial charge in [0.25, 0.3) is 0 Å². The molecule has 3 fully saturated rings. The minimum Gasteiger partial charge on any atom is -0.393 e. The zero-order valence-corrected chi connectivity index (χ0v) is 11.4. The average Bonchev–Trinajstić information content (AvgIpc) is 2.41. The Labute approximate surface area is 110 Å². The molecule has 0 bridgehead atoms. The van der Waals surface area contributed by atoms with Gasteiger partial charge in [-0.1, -0.05) is 19.3 Å². The lowest BCUT2D eigenvalue weighted by Crippen LogP contribution is -2.47. The molecule has 18 heavy (non-hydrogen) atoms. The molecular weight excluding hydrogens is 226 g/mol. The molecule has 104 valence electrons. The van der Waals surface area contributed by atoms with Crippen molar-refractivity contribution in [3.8, 4) is 0 Å². The summed E-state index contributed by atoms with van der Waals surface area (Å²) < 4.78 is 5.51. The van der Waals surface area contributed by atoms with Gasteiger partial charge in [-0.05, 0) is 37.6 Å². The first-order valence-electron chi connectivity index (χ1n) is 7.81. The minimum atomic E-state index is -0.136. The Morgan fingerprint density at radius 3 is 2.72 bits per heavy atom. The monoisotopic (exact) mass is 253 g/mol. The van der Waals surface area contributed by atoms with E-state index >= 15 is 0 Å². The molecular formula is C15H27NO2. The Balaban J connectivity index is 1.51. The van der Waals surface area contributed by atoms with Crippen LogP contribution < -0.4 is 0 Å². The zero-order chi connectivity index (χ0) is 12.4. The zero-order valence-electron chi connectivity index (χ0n) is 11.4. The number of ether oxygens (including phenoxy) is 1. The van der Waals surface area contributed by atoms with Crippen molar-refractivity contribution in [3.05, 3.63) is 0 Å². The molecule has 0 aromatic heterocycles. The molecule has 0 aromatic carbocycles. The van der Waals surface area contributed by atoms with Crippen LogP contribution in [0.5, 0.6) is 0 Å². The highest BCUT2D eigenvalue weighted by atomic mass is 16.5. The fourth-order valence-corrected chi connectivity index (χ4v) is 4.13. The van der Waals surface area contributed by atoms with Crippen LogP contribution in [0.15, 0.2) is 0 Å². The summed E-state index contributed by atoms with van der Waals surface area (Å²) in [6, 6.07) is 0. The normalized spacial score (nSPS) is 42.5. The van der Waals surface area contributed by atoms with Gasteiger partial charge in [0, 0.05) is 25.6 Å². The Bertz CT molecular complexity index is 271. The molecule has 3 nitrogen and oxygen atoms in total. The molecule has 2 heterocycles. The standard InChI is InChI=1S/C15H27NO2/c17-15-6-8-18-11-14(15)10-16-7-5-12-3-1-2-4-13(12)9-16/h12-15,17H,1-11H2. The van der Waals surface area contributed by atoms with Gasteiger partial charge in [-0.25, -0.2) is 0 Å². The number of aliphatic hydroxyl groups is 1. The van der Waals surface area contributed by atoms with Crippen molar-refractivity contribution in [2.24, 2.45) is 17.8 Å². The number of aliphatic hydroxyl groups excluding tert-OH is 1. The quantitative estimate of drug-likeness (QED) is 0.816. The van der Waals surface area contributed by atoms with Gasteiger partial charge in [0.1, 0.15) is 0 Å². The maximum Gasteiger partial charge on any atom is 0.0624 e. The van der Waals surface area contributed by atoms with Gasteiger partial charge < -0.3 is 14.7 Å². The molecule has 0 spiro atoms. The summed E-state index contributed by atoms with van der Waals surface area (Å²) in [6.07, 6.45) is 7.86. The van der Waals surface area contributed by atoms with E-state index in [9.17, 15) is 5.11 Å². The van der Waals surface area contributed by atoms with Crippen molar-refractivity contribution in [1.82, 2.24) is 4.90 Å². The Hall–Kier alpha value is -0.120. The van der Waals surface area contributed by atoms with Crippen LogP contribution in [0.25, 0.3) is 0 Å². The molecule has 3 rings (SSSR count). The summed E-state index contributed by atoms with van der Waals surface area (Å²) in [5.74, 6) is 2.29. The Kier molecular flexibility index (Phi) is 4.22. The van der Waals surface area contributed by atoms with Crippen LogP contribution in [0.3, 0.4) is 0 Å². The van der Waals surface area contributed by atoms with E-state index in [-0.39, 0.29) is 6.10 Å². The van der Waals surface area contributed by atoms with Crippen LogP contribution in [0.1, 0.15) is 38.5 Å². The van der Waals surface area contributed by atoms with Gasteiger partial charge >= 0.3 is 0 Å². The van der Waals surface area contributed by atoms with Crippen LogP contribution in [-0.4, -0.2) is 49.0 Å². The highest BCUT2D eigenvalue weighted by Crippen LogP contribution is 2.36. The second-order valence-corrected chi connectivity index (χ2v) is 6.54. The number of fused-ring (bicyclic) bond motifs is 1. The third-order valence-corrected chi connectivity index (χ3v) is 5.30. The van der Waals surface area contributed by atoms with Gasteiger partial charge in [-0.3, -0.25) is 0 Å².